The number of nitrogens with two attached hydrogens (primary N) is 1. The molecule has 11 heteroatoms. The number of aromatic nitrogens is 3. The molecule has 41 heavy (non-hydrogen) atoms. The number of ether oxygens (including phenoxy) is 3. The Morgan fingerprint density at radius 3 is 2.41 bits per heavy atom. The second kappa shape index (κ2) is 11.9. The van der Waals surface area contributed by atoms with Crippen LogP contribution >= 0.6 is 0 Å². The summed E-state index contributed by atoms with van der Waals surface area (Å²) in [4.78, 5) is 27.3. The van der Waals surface area contributed by atoms with Gasteiger partial charge in [0.25, 0.3) is 0 Å². The molecule has 3 heterocycles. The summed E-state index contributed by atoms with van der Waals surface area (Å²) in [5.41, 5.74) is 6.62. The molecule has 4 saturated carbocycles. The van der Waals surface area contributed by atoms with Crippen LogP contribution in [0.25, 0.3) is 5.65 Å². The van der Waals surface area contributed by atoms with Crippen molar-refractivity contribution in [3.63, 3.8) is 0 Å². The number of pyridine rings is 1. The summed E-state index contributed by atoms with van der Waals surface area (Å²) in [5.74, 6) is 2.74. The highest BCUT2D eigenvalue weighted by atomic mass is 16.6. The Balaban J connectivity index is 0.00000337. The highest BCUT2D eigenvalue weighted by Gasteiger charge is 2.51. The zero-order valence-electron chi connectivity index (χ0n) is 23.6. The van der Waals surface area contributed by atoms with Crippen LogP contribution in [-0.4, -0.2) is 76.6 Å². The van der Waals surface area contributed by atoms with Gasteiger partial charge >= 0.3 is 6.09 Å². The Morgan fingerprint density at radius 1 is 1.12 bits per heavy atom. The molecule has 5 aliphatic rings. The van der Waals surface area contributed by atoms with Crippen LogP contribution < -0.4 is 11.1 Å². The topological polar surface area (TPSA) is 133 Å². The molecule has 11 nitrogen and oxygen atoms in total. The number of morpholine rings is 1. The highest BCUT2D eigenvalue weighted by molar-refractivity contribution is 5.85. The van der Waals surface area contributed by atoms with Crippen LogP contribution in [0.4, 0.5) is 4.79 Å². The van der Waals surface area contributed by atoms with Gasteiger partial charge in [-0.3, -0.25) is 9.20 Å². The van der Waals surface area contributed by atoms with E-state index in [0.29, 0.717) is 50.1 Å². The van der Waals surface area contributed by atoms with Crippen molar-refractivity contribution in [3.05, 3.63) is 29.7 Å². The van der Waals surface area contributed by atoms with E-state index in [-0.39, 0.29) is 38.1 Å². The van der Waals surface area contributed by atoms with Gasteiger partial charge in [0.2, 0.25) is 5.91 Å². The molecule has 2 aromatic rings. The van der Waals surface area contributed by atoms with Crippen LogP contribution in [0, 0.1) is 23.2 Å². The largest absolute Gasteiger partial charge is 0.443 e. The van der Waals surface area contributed by atoms with E-state index in [1.165, 1.54) is 38.5 Å². The monoisotopic (exact) mass is 570 g/mol. The van der Waals surface area contributed by atoms with Crippen LogP contribution in [0.2, 0.25) is 0 Å². The predicted octanol–water partition coefficient (Wildman–Crippen LogP) is 3.46. The number of carbonyl (C=O) groups is 2. The van der Waals surface area contributed by atoms with E-state index in [1.807, 2.05) is 22.6 Å². The molecule has 5 fully saturated rings. The van der Waals surface area contributed by atoms with E-state index in [2.05, 4.69) is 15.5 Å². The third kappa shape index (κ3) is 6.36. The molecule has 2 amide bonds. The summed E-state index contributed by atoms with van der Waals surface area (Å²) in [7, 11) is 0. The maximum Gasteiger partial charge on any atom is 0.410 e. The first kappa shape index (κ1) is 29.7. The van der Waals surface area contributed by atoms with Crippen LogP contribution in [0.15, 0.2) is 18.2 Å². The number of amides is 2. The Labute approximate surface area is 242 Å². The normalized spacial score (nSPS) is 27.9. The lowest BCUT2D eigenvalue weighted by molar-refractivity contribution is -0.127. The van der Waals surface area contributed by atoms with Crippen molar-refractivity contribution in [1.29, 1.82) is 0 Å². The summed E-state index contributed by atoms with van der Waals surface area (Å²) in [6.45, 7) is 6.35. The average molecular weight is 571 g/mol. The summed E-state index contributed by atoms with van der Waals surface area (Å²) in [6.07, 6.45) is 7.51. The maximum absolute atomic E-state index is 13.0. The summed E-state index contributed by atoms with van der Waals surface area (Å²) >= 11 is 0. The standard InChI is InChI=1S/C29H42N6O5.CH4/c1-28(2,30)26(36)31-23(17-39-18-29-13-19-10-20(14-29)12-21(11-19)15-29)25-33-32-24-5-3-4-22(35(24)25)16-40-27(37)34-6-8-38-9-7-34;/h3-5,19-21,23H,6-18,30H2,1-2H3,(H,31,36);1H4/t19?,20?,21?,23-,29?;/m0./s1. The van der Waals surface area contributed by atoms with E-state index < -0.39 is 11.6 Å². The van der Waals surface area contributed by atoms with Crippen molar-refractivity contribution in [1.82, 2.24) is 24.8 Å². The minimum Gasteiger partial charge on any atom is -0.443 e. The van der Waals surface area contributed by atoms with Gasteiger partial charge in [0, 0.05) is 13.1 Å². The fourth-order valence-electron chi connectivity index (χ4n) is 7.73. The third-order valence-electron chi connectivity index (χ3n) is 9.21. The Bertz CT molecular complexity index is 1200. The number of rotatable bonds is 9. The molecule has 0 unspecified atom stereocenters. The van der Waals surface area contributed by atoms with Gasteiger partial charge in [0.05, 0.1) is 37.7 Å². The fourth-order valence-corrected chi connectivity index (χ4v) is 7.73. The van der Waals surface area contributed by atoms with Crippen molar-refractivity contribution in [2.45, 2.75) is 78.0 Å². The predicted molar refractivity (Wildman–Crippen MR) is 153 cm³/mol. The number of hydrogen-bond acceptors (Lipinski definition) is 8. The molecule has 1 saturated heterocycles. The molecule has 3 N–H and O–H groups in total. The van der Waals surface area contributed by atoms with Crippen molar-refractivity contribution < 1.29 is 23.8 Å². The first-order valence-corrected chi connectivity index (χ1v) is 14.7. The quantitative estimate of drug-likeness (QED) is 0.468. The molecule has 7 rings (SSSR count). The van der Waals surface area contributed by atoms with E-state index in [0.717, 1.165) is 17.8 Å². The maximum atomic E-state index is 13.0. The van der Waals surface area contributed by atoms with E-state index in [1.54, 1.807) is 18.7 Å². The van der Waals surface area contributed by atoms with Crippen LogP contribution in [0.5, 0.6) is 0 Å². The van der Waals surface area contributed by atoms with Gasteiger partial charge in [-0.25, -0.2) is 4.79 Å². The number of nitrogens with zero attached hydrogens (tertiary/aromatic N) is 4. The molecule has 0 radical (unpaired) electrons. The second-order valence-electron chi connectivity index (χ2n) is 13.1. The second-order valence-corrected chi connectivity index (χ2v) is 13.1. The zero-order chi connectivity index (χ0) is 27.9. The molecule has 1 aliphatic heterocycles. The van der Waals surface area contributed by atoms with Gasteiger partial charge in [-0.15, -0.1) is 10.2 Å². The first-order valence-electron chi connectivity index (χ1n) is 14.7. The SMILES string of the molecule is C.CC(C)(N)C(=O)N[C@@H](COCC12CC3CC(CC(C3)C1)C2)c1nnc2cccc(COC(=O)N3CCOCC3)n12. The minimum absolute atomic E-state index is 0. The molecule has 0 spiro atoms. The van der Waals surface area contributed by atoms with Crippen LogP contribution in [0.1, 0.15) is 77.4 Å². The lowest BCUT2D eigenvalue weighted by atomic mass is 9.50. The van der Waals surface area contributed by atoms with Gasteiger partial charge in [-0.1, -0.05) is 13.5 Å². The first-order chi connectivity index (χ1) is 19.2. The summed E-state index contributed by atoms with van der Waals surface area (Å²) < 4.78 is 19.3. The summed E-state index contributed by atoms with van der Waals surface area (Å²) in [5, 5.41) is 11.9. The van der Waals surface area contributed by atoms with Gasteiger partial charge in [-0.2, -0.15) is 0 Å². The number of nitrogens with one attached hydrogen (secondary N) is 1. The van der Waals surface area contributed by atoms with Gasteiger partial charge in [0.15, 0.2) is 11.5 Å². The number of carbonyl (C=O) groups excluding carboxylic acids is 2. The van der Waals surface area contributed by atoms with Gasteiger partial charge in [-0.05, 0) is 87.7 Å². The lowest BCUT2D eigenvalue weighted by Gasteiger charge is -2.56. The molecular weight excluding hydrogens is 524 g/mol. The van der Waals surface area contributed by atoms with E-state index in [4.69, 9.17) is 19.9 Å². The number of fused-ring (bicyclic) bond motifs is 1. The van der Waals surface area contributed by atoms with Crippen LogP contribution in [0.3, 0.4) is 0 Å². The van der Waals surface area contributed by atoms with E-state index >= 15 is 0 Å². The highest BCUT2D eigenvalue weighted by Crippen LogP contribution is 2.60. The van der Waals surface area contributed by atoms with Crippen molar-refractivity contribution >= 4 is 17.6 Å². The molecule has 4 bridgehead atoms. The van der Waals surface area contributed by atoms with Gasteiger partial charge in [0.1, 0.15) is 12.6 Å². The Kier molecular flexibility index (Phi) is 8.59. The zero-order valence-corrected chi connectivity index (χ0v) is 23.6. The molecule has 226 valence electrons. The Hall–Kier alpha value is -2.76. The lowest BCUT2D eigenvalue weighted by Crippen LogP contribution is -2.51. The molecule has 2 aromatic heterocycles. The van der Waals surface area contributed by atoms with E-state index in [9.17, 15) is 9.59 Å². The smallest absolute Gasteiger partial charge is 0.410 e. The molecule has 4 aliphatic carbocycles. The summed E-state index contributed by atoms with van der Waals surface area (Å²) in [6, 6.07) is 4.99. The number of hydrogen-bond donors (Lipinski definition) is 2. The molecule has 0 aromatic carbocycles. The van der Waals surface area contributed by atoms with Crippen molar-refractivity contribution in [2.24, 2.45) is 28.9 Å². The minimum atomic E-state index is -1.07. The fraction of sp³-hybridized carbons (Fsp3) is 0.733. The third-order valence-corrected chi connectivity index (χ3v) is 9.21. The van der Waals surface area contributed by atoms with Crippen molar-refractivity contribution in [3.8, 4) is 0 Å². The average Bonchev–Trinajstić information content (AvgIpc) is 3.35. The van der Waals surface area contributed by atoms with Gasteiger partial charge < -0.3 is 30.2 Å². The Morgan fingerprint density at radius 2 is 1.78 bits per heavy atom. The van der Waals surface area contributed by atoms with Crippen molar-refractivity contribution in [2.75, 3.05) is 39.5 Å². The molecular formula is C30H46N6O5. The molecule has 1 atom stereocenters. The van der Waals surface area contributed by atoms with Crippen LogP contribution in [-0.2, 0) is 25.6 Å².